The Kier molecular flexibility index (Phi) is 3.90. The molecule has 0 aromatic heterocycles. The Hall–Kier alpha value is -1.25. The first-order valence-corrected chi connectivity index (χ1v) is 7.73. The number of rotatable bonds is 4. The van der Waals surface area contributed by atoms with Gasteiger partial charge in [0.1, 0.15) is 0 Å². The first-order chi connectivity index (χ1) is 9.31. The Balaban J connectivity index is 1.56. The molecular formula is C17H19NS. The molecule has 1 aliphatic heterocycles. The lowest BCUT2D eigenvalue weighted by molar-refractivity contribution is 0.594. The first-order valence-electron chi connectivity index (χ1n) is 6.85. The largest absolute Gasteiger partial charge is 0.327 e. The van der Waals surface area contributed by atoms with Crippen molar-refractivity contribution in [2.24, 2.45) is 5.73 Å². The molecule has 19 heavy (non-hydrogen) atoms. The predicted molar refractivity (Wildman–Crippen MR) is 82.5 cm³/mol. The van der Waals surface area contributed by atoms with Gasteiger partial charge in [-0.2, -0.15) is 0 Å². The van der Waals surface area contributed by atoms with Gasteiger partial charge < -0.3 is 5.73 Å². The summed E-state index contributed by atoms with van der Waals surface area (Å²) in [5.74, 6) is 0. The topological polar surface area (TPSA) is 26.0 Å². The van der Waals surface area contributed by atoms with E-state index >= 15 is 0 Å². The van der Waals surface area contributed by atoms with Crippen molar-refractivity contribution >= 4 is 11.8 Å². The lowest BCUT2D eigenvalue weighted by Gasteiger charge is -2.15. The minimum absolute atomic E-state index is 0.259. The third-order valence-corrected chi connectivity index (χ3v) is 4.96. The summed E-state index contributed by atoms with van der Waals surface area (Å²) in [7, 11) is 0. The maximum Gasteiger partial charge on any atom is 0.0150 e. The standard InChI is InChI=1S/C17H19NS/c18-15(10-13-6-2-1-3-7-13)12-16-11-14-8-4-5-9-17(14)19-16/h1-9,15-16H,10-12,18H2. The van der Waals surface area contributed by atoms with Crippen LogP contribution in [0.25, 0.3) is 0 Å². The molecule has 98 valence electrons. The van der Waals surface area contributed by atoms with E-state index in [4.69, 9.17) is 5.73 Å². The number of nitrogens with two attached hydrogens (primary N) is 1. The van der Waals surface area contributed by atoms with Crippen molar-refractivity contribution in [1.82, 2.24) is 0 Å². The van der Waals surface area contributed by atoms with Gasteiger partial charge in [0.05, 0.1) is 0 Å². The van der Waals surface area contributed by atoms with Gasteiger partial charge in [0.25, 0.3) is 0 Å². The van der Waals surface area contributed by atoms with E-state index in [1.165, 1.54) is 22.4 Å². The van der Waals surface area contributed by atoms with Crippen LogP contribution in [0.1, 0.15) is 17.5 Å². The van der Waals surface area contributed by atoms with Gasteiger partial charge >= 0.3 is 0 Å². The van der Waals surface area contributed by atoms with Crippen LogP contribution in [0.3, 0.4) is 0 Å². The van der Waals surface area contributed by atoms with Gasteiger partial charge in [-0.1, -0.05) is 48.5 Å². The van der Waals surface area contributed by atoms with Crippen molar-refractivity contribution in [1.29, 1.82) is 0 Å². The molecule has 0 spiro atoms. The molecule has 0 fully saturated rings. The SMILES string of the molecule is NC(Cc1ccccc1)CC1Cc2ccccc2S1. The zero-order chi connectivity index (χ0) is 13.1. The fourth-order valence-electron chi connectivity index (χ4n) is 2.72. The van der Waals surface area contributed by atoms with Crippen LogP contribution in [0.5, 0.6) is 0 Å². The third kappa shape index (κ3) is 3.20. The molecule has 3 rings (SSSR count). The lowest BCUT2D eigenvalue weighted by Crippen LogP contribution is -2.27. The fourth-order valence-corrected chi connectivity index (χ4v) is 4.15. The number of fused-ring (bicyclic) bond motifs is 1. The Morgan fingerprint density at radius 2 is 1.79 bits per heavy atom. The van der Waals surface area contributed by atoms with Crippen LogP contribution in [-0.2, 0) is 12.8 Å². The lowest BCUT2D eigenvalue weighted by atomic mass is 10.00. The van der Waals surface area contributed by atoms with Gasteiger partial charge in [-0.15, -0.1) is 11.8 Å². The molecule has 2 heteroatoms. The maximum atomic E-state index is 6.31. The van der Waals surface area contributed by atoms with Crippen molar-refractivity contribution in [3.8, 4) is 0 Å². The smallest absolute Gasteiger partial charge is 0.0150 e. The van der Waals surface area contributed by atoms with Crippen LogP contribution >= 0.6 is 11.8 Å². The minimum Gasteiger partial charge on any atom is -0.327 e. The van der Waals surface area contributed by atoms with Crippen molar-refractivity contribution in [2.75, 3.05) is 0 Å². The first kappa shape index (κ1) is 12.8. The summed E-state index contributed by atoms with van der Waals surface area (Å²) in [6.07, 6.45) is 3.24. The second-order valence-corrected chi connectivity index (χ2v) is 6.58. The zero-order valence-electron chi connectivity index (χ0n) is 11.0. The van der Waals surface area contributed by atoms with Gasteiger partial charge in [-0.25, -0.2) is 0 Å². The molecule has 2 atom stereocenters. The summed E-state index contributed by atoms with van der Waals surface area (Å²) in [5.41, 5.74) is 9.14. The normalized spacial score (nSPS) is 19.1. The van der Waals surface area contributed by atoms with E-state index in [-0.39, 0.29) is 6.04 Å². The number of thioether (sulfide) groups is 1. The third-order valence-electron chi connectivity index (χ3n) is 3.62. The molecule has 0 saturated heterocycles. The Morgan fingerprint density at radius 3 is 2.58 bits per heavy atom. The molecular weight excluding hydrogens is 250 g/mol. The molecule has 1 aliphatic rings. The summed E-state index contributed by atoms with van der Waals surface area (Å²) < 4.78 is 0. The molecule has 0 amide bonds. The highest BCUT2D eigenvalue weighted by Gasteiger charge is 2.23. The number of benzene rings is 2. The second kappa shape index (κ2) is 5.81. The van der Waals surface area contributed by atoms with Gasteiger partial charge in [0, 0.05) is 16.2 Å². The molecule has 1 nitrogen and oxygen atoms in total. The van der Waals surface area contributed by atoms with Crippen LogP contribution in [-0.4, -0.2) is 11.3 Å². The Bertz CT molecular complexity index is 513. The number of hydrogen-bond acceptors (Lipinski definition) is 2. The molecule has 1 heterocycles. The monoisotopic (exact) mass is 269 g/mol. The summed E-state index contributed by atoms with van der Waals surface area (Å²) in [4.78, 5) is 1.44. The van der Waals surface area contributed by atoms with Crippen molar-refractivity contribution in [2.45, 2.75) is 35.4 Å². The summed E-state index contributed by atoms with van der Waals surface area (Å²) in [6, 6.07) is 19.5. The van der Waals surface area contributed by atoms with Crippen molar-refractivity contribution < 1.29 is 0 Å². The Labute approximate surface area is 119 Å². The minimum atomic E-state index is 0.259. The molecule has 0 radical (unpaired) electrons. The molecule has 2 unspecified atom stereocenters. The van der Waals surface area contributed by atoms with Gasteiger partial charge in [-0.3, -0.25) is 0 Å². The van der Waals surface area contributed by atoms with E-state index < -0.39 is 0 Å². The van der Waals surface area contributed by atoms with Gasteiger partial charge in [0.15, 0.2) is 0 Å². The molecule has 0 aliphatic carbocycles. The molecule has 2 aromatic carbocycles. The molecule has 2 N–H and O–H groups in total. The fraction of sp³-hybridized carbons (Fsp3) is 0.294. The van der Waals surface area contributed by atoms with E-state index in [2.05, 4.69) is 54.6 Å². The van der Waals surface area contributed by atoms with Crippen molar-refractivity contribution in [3.63, 3.8) is 0 Å². The van der Waals surface area contributed by atoms with E-state index in [0.717, 1.165) is 12.8 Å². The quantitative estimate of drug-likeness (QED) is 0.916. The highest BCUT2D eigenvalue weighted by molar-refractivity contribution is 8.00. The van der Waals surface area contributed by atoms with E-state index in [9.17, 15) is 0 Å². The van der Waals surface area contributed by atoms with E-state index in [1.54, 1.807) is 0 Å². The highest BCUT2D eigenvalue weighted by atomic mass is 32.2. The van der Waals surface area contributed by atoms with E-state index in [1.807, 2.05) is 11.8 Å². The average Bonchev–Trinajstić information content (AvgIpc) is 2.81. The van der Waals surface area contributed by atoms with Gasteiger partial charge in [0.2, 0.25) is 0 Å². The molecule has 0 bridgehead atoms. The number of hydrogen-bond donors (Lipinski definition) is 1. The molecule has 2 aromatic rings. The van der Waals surface area contributed by atoms with Crippen LogP contribution in [0, 0.1) is 0 Å². The van der Waals surface area contributed by atoms with Crippen molar-refractivity contribution in [3.05, 3.63) is 65.7 Å². The van der Waals surface area contributed by atoms with Crippen LogP contribution in [0.4, 0.5) is 0 Å². The predicted octanol–water partition coefficient (Wildman–Crippen LogP) is 3.66. The highest BCUT2D eigenvalue weighted by Crippen LogP contribution is 2.38. The van der Waals surface area contributed by atoms with Crippen LogP contribution < -0.4 is 5.73 Å². The Morgan fingerprint density at radius 1 is 1.05 bits per heavy atom. The van der Waals surface area contributed by atoms with Crippen LogP contribution in [0.2, 0.25) is 0 Å². The van der Waals surface area contributed by atoms with Crippen LogP contribution in [0.15, 0.2) is 59.5 Å². The summed E-state index contributed by atoms with van der Waals surface area (Å²) in [5, 5.41) is 0.649. The average molecular weight is 269 g/mol. The second-order valence-electron chi connectivity index (χ2n) is 5.24. The summed E-state index contributed by atoms with van der Waals surface area (Å²) in [6.45, 7) is 0. The van der Waals surface area contributed by atoms with E-state index in [0.29, 0.717) is 5.25 Å². The van der Waals surface area contributed by atoms with Gasteiger partial charge in [-0.05, 0) is 36.5 Å². The maximum absolute atomic E-state index is 6.31. The summed E-state index contributed by atoms with van der Waals surface area (Å²) >= 11 is 2.00. The zero-order valence-corrected chi connectivity index (χ0v) is 11.8. The molecule has 0 saturated carbocycles.